The van der Waals surface area contributed by atoms with E-state index in [4.69, 9.17) is 22.6 Å². The molecule has 0 saturated heterocycles. The molecule has 0 atom stereocenters. The maximum Gasteiger partial charge on any atom is 0.164 e. The van der Waals surface area contributed by atoms with Crippen molar-refractivity contribution in [3.8, 4) is 6.07 Å². The fraction of sp³-hybridized carbons (Fsp3) is 0.167. The van der Waals surface area contributed by atoms with Crippen molar-refractivity contribution in [2.24, 2.45) is 0 Å². The molecule has 0 radical (unpaired) electrons. The molecule has 0 bridgehead atoms. The van der Waals surface area contributed by atoms with Gasteiger partial charge < -0.3 is 5.73 Å². The van der Waals surface area contributed by atoms with Crippen molar-refractivity contribution in [2.75, 3.05) is 5.73 Å². The molecule has 0 spiro atoms. The van der Waals surface area contributed by atoms with Crippen molar-refractivity contribution in [1.29, 1.82) is 5.26 Å². The van der Waals surface area contributed by atoms with Gasteiger partial charge in [0.2, 0.25) is 0 Å². The number of nitrogens with two attached hydrogens (primary N) is 1. The van der Waals surface area contributed by atoms with Gasteiger partial charge in [0.1, 0.15) is 5.02 Å². The first-order chi connectivity index (χ1) is 8.10. The summed E-state index contributed by atoms with van der Waals surface area (Å²) in [5.41, 5.74) is 8.36. The van der Waals surface area contributed by atoms with Gasteiger partial charge in [0.15, 0.2) is 5.82 Å². The number of nitrogen functional groups attached to an aromatic ring is 1. The molecule has 0 aliphatic rings. The van der Waals surface area contributed by atoms with Crippen molar-refractivity contribution >= 4 is 17.4 Å². The first kappa shape index (κ1) is 11.5. The van der Waals surface area contributed by atoms with Crippen LogP contribution >= 0.6 is 11.6 Å². The predicted molar refractivity (Wildman–Crippen MR) is 66.6 cm³/mol. The molecule has 0 aliphatic carbocycles. The number of benzene rings is 1. The Kier molecular flexibility index (Phi) is 3.03. The maximum absolute atomic E-state index is 8.78. The molecule has 0 unspecified atom stereocenters. The maximum atomic E-state index is 8.78. The van der Waals surface area contributed by atoms with E-state index in [-0.39, 0.29) is 0 Å². The van der Waals surface area contributed by atoms with Gasteiger partial charge in [-0.3, -0.25) is 4.68 Å². The highest BCUT2D eigenvalue weighted by Crippen LogP contribution is 2.17. The van der Waals surface area contributed by atoms with Gasteiger partial charge in [-0.15, -0.1) is 0 Å². The molecule has 1 heterocycles. The molecule has 2 rings (SSSR count). The Labute approximate surface area is 104 Å². The predicted octanol–water partition coefficient (Wildman–Crippen LogP) is 2.35. The van der Waals surface area contributed by atoms with E-state index in [2.05, 4.69) is 11.2 Å². The normalized spacial score (nSPS) is 10.2. The van der Waals surface area contributed by atoms with Crippen LogP contribution in [0.25, 0.3) is 0 Å². The smallest absolute Gasteiger partial charge is 0.164 e. The number of nitriles is 1. The Bertz CT molecular complexity index is 576. The Balaban J connectivity index is 2.28. The number of hydrogen-bond donors (Lipinski definition) is 1. The monoisotopic (exact) mass is 246 g/mol. The molecular formula is C12H11ClN4. The molecular weight excluding hydrogens is 236 g/mol. The Hall–Kier alpha value is -1.99. The Morgan fingerprint density at radius 1 is 1.53 bits per heavy atom. The molecule has 5 heteroatoms. The highest BCUT2D eigenvalue weighted by atomic mass is 35.5. The van der Waals surface area contributed by atoms with Crippen LogP contribution < -0.4 is 5.73 Å². The highest BCUT2D eigenvalue weighted by molar-refractivity contribution is 6.32. The van der Waals surface area contributed by atoms with E-state index < -0.39 is 0 Å². The minimum absolute atomic E-state index is 0.331. The lowest BCUT2D eigenvalue weighted by molar-refractivity contribution is 0.687. The van der Waals surface area contributed by atoms with E-state index in [0.29, 0.717) is 22.9 Å². The summed E-state index contributed by atoms with van der Waals surface area (Å²) < 4.78 is 1.69. The summed E-state index contributed by atoms with van der Waals surface area (Å²) in [6.45, 7) is 2.55. The molecule has 2 N–H and O–H groups in total. The molecule has 0 fully saturated rings. The summed E-state index contributed by atoms with van der Waals surface area (Å²) in [6.07, 6.45) is 1.69. The molecule has 17 heavy (non-hydrogen) atoms. The summed E-state index contributed by atoms with van der Waals surface area (Å²) >= 11 is 5.83. The zero-order chi connectivity index (χ0) is 12.4. The first-order valence-corrected chi connectivity index (χ1v) is 5.46. The molecule has 1 aromatic carbocycles. The van der Waals surface area contributed by atoms with Gasteiger partial charge in [-0.05, 0) is 30.2 Å². The fourth-order valence-corrected chi connectivity index (χ4v) is 1.76. The van der Waals surface area contributed by atoms with Gasteiger partial charge >= 0.3 is 0 Å². The zero-order valence-corrected chi connectivity index (χ0v) is 10.1. The number of hydrogen-bond acceptors (Lipinski definition) is 3. The Morgan fingerprint density at radius 2 is 2.29 bits per heavy atom. The zero-order valence-electron chi connectivity index (χ0n) is 9.31. The lowest BCUT2D eigenvalue weighted by Crippen LogP contribution is -2.03. The van der Waals surface area contributed by atoms with Crippen LogP contribution in [0.3, 0.4) is 0 Å². The average Bonchev–Trinajstić information content (AvgIpc) is 2.61. The van der Waals surface area contributed by atoms with Gasteiger partial charge in [0.05, 0.1) is 18.2 Å². The second-order valence-corrected chi connectivity index (χ2v) is 4.22. The standard InChI is InChI=1S/C12H11ClN4/c1-8-4-9(5-14)2-3-10(8)6-17-7-11(13)12(15)16-17/h2-4,7H,6H2,1H3,(H2,15,16). The quantitative estimate of drug-likeness (QED) is 0.884. The van der Waals surface area contributed by atoms with Crippen LogP contribution in [0.2, 0.25) is 5.02 Å². The minimum Gasteiger partial charge on any atom is -0.381 e. The van der Waals surface area contributed by atoms with Gasteiger partial charge in [-0.1, -0.05) is 17.7 Å². The topological polar surface area (TPSA) is 67.6 Å². The van der Waals surface area contributed by atoms with Crippen molar-refractivity contribution in [3.63, 3.8) is 0 Å². The first-order valence-electron chi connectivity index (χ1n) is 5.08. The lowest BCUT2D eigenvalue weighted by Gasteiger charge is -2.06. The van der Waals surface area contributed by atoms with Crippen LogP contribution in [0.15, 0.2) is 24.4 Å². The molecule has 4 nitrogen and oxygen atoms in total. The minimum atomic E-state index is 0.331. The van der Waals surface area contributed by atoms with Crippen LogP contribution in [0.5, 0.6) is 0 Å². The molecule has 0 saturated carbocycles. The van der Waals surface area contributed by atoms with Crippen LogP contribution in [0.4, 0.5) is 5.82 Å². The number of halogens is 1. The Morgan fingerprint density at radius 3 is 2.82 bits per heavy atom. The van der Waals surface area contributed by atoms with E-state index in [1.54, 1.807) is 16.9 Å². The van der Waals surface area contributed by atoms with E-state index in [0.717, 1.165) is 11.1 Å². The summed E-state index contributed by atoms with van der Waals surface area (Å²) in [6, 6.07) is 7.66. The van der Waals surface area contributed by atoms with Crippen molar-refractivity contribution in [3.05, 3.63) is 46.1 Å². The van der Waals surface area contributed by atoms with Crippen LogP contribution in [-0.4, -0.2) is 9.78 Å². The van der Waals surface area contributed by atoms with Crippen LogP contribution in [-0.2, 0) is 6.54 Å². The molecule has 86 valence electrons. The third-order valence-corrected chi connectivity index (χ3v) is 2.84. The molecule has 0 amide bonds. The number of nitrogens with zero attached hydrogens (tertiary/aromatic N) is 3. The average molecular weight is 247 g/mol. The van der Waals surface area contributed by atoms with Crippen LogP contribution in [0.1, 0.15) is 16.7 Å². The molecule has 1 aromatic heterocycles. The molecule has 2 aromatic rings. The second kappa shape index (κ2) is 4.48. The summed E-state index contributed by atoms with van der Waals surface area (Å²) in [5, 5.41) is 13.3. The summed E-state index contributed by atoms with van der Waals surface area (Å²) in [5.74, 6) is 0.331. The van der Waals surface area contributed by atoms with Gasteiger partial charge in [-0.25, -0.2) is 0 Å². The van der Waals surface area contributed by atoms with E-state index in [1.165, 1.54) is 0 Å². The third kappa shape index (κ3) is 2.40. The summed E-state index contributed by atoms with van der Waals surface area (Å²) in [4.78, 5) is 0. The van der Waals surface area contributed by atoms with Gasteiger partial charge in [0, 0.05) is 6.20 Å². The van der Waals surface area contributed by atoms with Crippen molar-refractivity contribution < 1.29 is 0 Å². The second-order valence-electron chi connectivity index (χ2n) is 3.81. The third-order valence-electron chi connectivity index (χ3n) is 2.55. The number of rotatable bonds is 2. The van der Waals surface area contributed by atoms with Gasteiger partial charge in [0.25, 0.3) is 0 Å². The van der Waals surface area contributed by atoms with Crippen molar-refractivity contribution in [2.45, 2.75) is 13.5 Å². The largest absolute Gasteiger partial charge is 0.381 e. The number of aromatic nitrogens is 2. The van der Waals surface area contributed by atoms with E-state index in [9.17, 15) is 0 Å². The van der Waals surface area contributed by atoms with Crippen LogP contribution in [0, 0.1) is 18.3 Å². The van der Waals surface area contributed by atoms with E-state index >= 15 is 0 Å². The fourth-order valence-electron chi connectivity index (χ4n) is 1.61. The number of aryl methyl sites for hydroxylation is 1. The highest BCUT2D eigenvalue weighted by Gasteiger charge is 2.05. The molecule has 0 aliphatic heterocycles. The summed E-state index contributed by atoms with van der Waals surface area (Å²) in [7, 11) is 0. The SMILES string of the molecule is Cc1cc(C#N)ccc1Cn1cc(Cl)c(N)n1. The lowest BCUT2D eigenvalue weighted by atomic mass is 10.1. The van der Waals surface area contributed by atoms with Crippen molar-refractivity contribution in [1.82, 2.24) is 9.78 Å². The van der Waals surface area contributed by atoms with E-state index in [1.807, 2.05) is 19.1 Å². The number of anilines is 1. The van der Waals surface area contributed by atoms with Gasteiger partial charge in [-0.2, -0.15) is 10.4 Å².